The first-order valence-corrected chi connectivity index (χ1v) is 14.2. The van der Waals surface area contributed by atoms with Gasteiger partial charge in [0.1, 0.15) is 5.82 Å². The summed E-state index contributed by atoms with van der Waals surface area (Å²) in [5.74, 6) is -1.09. The Morgan fingerprint density at radius 1 is 1.14 bits per heavy atom. The van der Waals surface area contributed by atoms with Crippen molar-refractivity contribution >= 4 is 34.2 Å². The summed E-state index contributed by atoms with van der Waals surface area (Å²) in [5, 5.41) is 12.8. The number of anilines is 1. The summed E-state index contributed by atoms with van der Waals surface area (Å²) in [5.41, 5.74) is -5.16. The van der Waals surface area contributed by atoms with Crippen LogP contribution < -0.4 is 5.09 Å². The smallest absolute Gasteiger partial charge is 0.380 e. The second kappa shape index (κ2) is 9.66. The summed E-state index contributed by atoms with van der Waals surface area (Å²) >= 11 is 0. The summed E-state index contributed by atoms with van der Waals surface area (Å²) in [6, 6.07) is 5.28. The third-order valence-corrected chi connectivity index (χ3v) is 8.11. The van der Waals surface area contributed by atoms with Crippen molar-refractivity contribution in [2.24, 2.45) is 0 Å². The molecule has 0 aliphatic heterocycles. The first-order valence-electron chi connectivity index (χ1n) is 10.9. The van der Waals surface area contributed by atoms with Crippen LogP contribution in [-0.2, 0) is 26.2 Å². The molecule has 37 heavy (non-hydrogen) atoms. The van der Waals surface area contributed by atoms with E-state index in [1.165, 1.54) is 39.1 Å². The van der Waals surface area contributed by atoms with Gasteiger partial charge in [0.2, 0.25) is 0 Å². The lowest BCUT2D eigenvalue weighted by Gasteiger charge is -2.38. The molecule has 0 unspecified atom stereocenters. The number of nitrogens with zero attached hydrogens (tertiary/aromatic N) is 1. The molecule has 9 nitrogen and oxygen atoms in total. The lowest BCUT2D eigenvalue weighted by molar-refractivity contribution is -0.266. The van der Waals surface area contributed by atoms with Gasteiger partial charge in [0.25, 0.3) is 0 Å². The number of aliphatic hydroxyl groups is 1. The largest absolute Gasteiger partial charge is 0.427 e. The van der Waals surface area contributed by atoms with Gasteiger partial charge in [-0.3, -0.25) is 5.09 Å². The zero-order chi connectivity index (χ0) is 28.0. The lowest BCUT2D eigenvalue weighted by Crippen LogP contribution is -2.51. The molecule has 0 aliphatic rings. The molecule has 0 bridgehead atoms. The van der Waals surface area contributed by atoms with Crippen molar-refractivity contribution in [3.63, 3.8) is 0 Å². The Kier molecular flexibility index (Phi) is 7.59. The molecule has 3 rings (SSSR count). The van der Waals surface area contributed by atoms with Crippen LogP contribution in [0.2, 0.25) is 0 Å². The van der Waals surface area contributed by atoms with Gasteiger partial charge in [-0.1, -0.05) is 26.8 Å². The van der Waals surface area contributed by atoms with Crippen LogP contribution in [0.4, 0.5) is 23.2 Å². The van der Waals surface area contributed by atoms with Gasteiger partial charge in [-0.05, 0) is 41.7 Å². The molecule has 2 heterocycles. The fraction of sp³-hybridized carbons (Fsp3) is 0.409. The van der Waals surface area contributed by atoms with Crippen molar-refractivity contribution < 1.29 is 45.4 Å². The van der Waals surface area contributed by atoms with Crippen LogP contribution in [0.5, 0.6) is 0 Å². The molecule has 0 radical (unpaired) electrons. The normalized spacial score (nSPS) is 15.1. The number of rotatable bonds is 9. The van der Waals surface area contributed by atoms with Gasteiger partial charge in [-0.15, -0.1) is 0 Å². The molecular weight excluding hydrogens is 541 g/mol. The number of pyridine rings is 1. The topological polar surface area (TPSA) is 153 Å². The molecule has 1 atom stereocenters. The van der Waals surface area contributed by atoms with Crippen LogP contribution in [0, 0.1) is 5.82 Å². The Bertz CT molecular complexity index is 1470. The number of nitrogens with one attached hydrogen (secondary N) is 2. The van der Waals surface area contributed by atoms with Crippen LogP contribution in [0.25, 0.3) is 10.9 Å². The van der Waals surface area contributed by atoms with E-state index in [0.717, 1.165) is 18.2 Å². The van der Waals surface area contributed by atoms with Crippen molar-refractivity contribution in [3.05, 3.63) is 53.6 Å². The van der Waals surface area contributed by atoms with E-state index in [0.29, 0.717) is 0 Å². The van der Waals surface area contributed by atoms with E-state index in [9.17, 15) is 45.4 Å². The Hall–Kier alpha value is -2.51. The molecule has 3 aromatic rings. The first kappa shape index (κ1) is 29.1. The number of aromatic amines is 1. The Morgan fingerprint density at radius 3 is 2.35 bits per heavy atom. The zero-order valence-corrected chi connectivity index (χ0v) is 21.7. The number of benzene rings is 1. The van der Waals surface area contributed by atoms with Crippen molar-refractivity contribution in [3.8, 4) is 0 Å². The summed E-state index contributed by atoms with van der Waals surface area (Å²) in [7, 11) is -8.59. The highest BCUT2D eigenvalue weighted by Gasteiger charge is 2.56. The average molecular weight is 567 g/mol. The van der Waals surface area contributed by atoms with Gasteiger partial charge in [0.15, 0.2) is 20.5 Å². The molecule has 0 saturated heterocycles. The number of aromatic nitrogens is 2. The molecule has 0 aliphatic carbocycles. The minimum Gasteiger partial charge on any atom is -0.380 e. The lowest BCUT2D eigenvalue weighted by atomic mass is 9.73. The minimum atomic E-state index is -5.15. The van der Waals surface area contributed by atoms with Crippen LogP contribution in [0.15, 0.2) is 41.6 Å². The molecular formula is C22H26F4N3O6PS. The number of hydrogen-bond acceptors (Lipinski definition) is 5. The molecule has 2 aromatic heterocycles. The van der Waals surface area contributed by atoms with E-state index in [1.807, 2.05) is 5.09 Å². The number of fused-ring (bicyclic) bond motifs is 1. The molecule has 0 saturated carbocycles. The monoisotopic (exact) mass is 567 g/mol. The maximum absolute atomic E-state index is 14.2. The number of hydrogen-bond donors (Lipinski definition) is 5. The summed E-state index contributed by atoms with van der Waals surface area (Å²) < 4.78 is 92.1. The van der Waals surface area contributed by atoms with Crippen molar-refractivity contribution in [1.29, 1.82) is 0 Å². The van der Waals surface area contributed by atoms with Crippen molar-refractivity contribution in [2.75, 3.05) is 10.8 Å². The fourth-order valence-electron chi connectivity index (χ4n) is 4.24. The first-order chi connectivity index (χ1) is 16.8. The summed E-state index contributed by atoms with van der Waals surface area (Å²) in [6.45, 7) is 4.06. The highest BCUT2D eigenvalue weighted by Crippen LogP contribution is 2.46. The maximum Gasteiger partial charge on any atom is 0.427 e. The molecule has 0 spiro atoms. The highest BCUT2D eigenvalue weighted by molar-refractivity contribution is 7.91. The number of alkyl halides is 3. The second-order valence-corrected chi connectivity index (χ2v) is 13.0. The molecule has 1 aromatic carbocycles. The van der Waals surface area contributed by atoms with E-state index in [1.54, 1.807) is 0 Å². The standard InChI is InChI=1S/C22H26F4N3O6PS/c1-4-37(34,35)19-8-13-7-15(28-18(13)11-27-19)10-21(30,22(24,25)26)12-20(2,3)16-6-5-14(23)9-17(16)29-36(31,32)33/h5-9,11,28,30H,4,10,12H2,1-3H3,(H3,29,31,32,33)/t21-/m0/s1. The van der Waals surface area contributed by atoms with Gasteiger partial charge < -0.3 is 19.9 Å². The fourth-order valence-corrected chi connectivity index (χ4v) is 5.56. The Labute approximate surface area is 210 Å². The van der Waals surface area contributed by atoms with Crippen LogP contribution in [-0.4, -0.2) is 50.8 Å². The molecule has 0 amide bonds. The number of halogens is 4. The quantitative estimate of drug-likeness (QED) is 0.191. The summed E-state index contributed by atoms with van der Waals surface area (Å²) in [6.07, 6.45) is -5.88. The van der Waals surface area contributed by atoms with E-state index in [2.05, 4.69) is 9.97 Å². The predicted octanol–water partition coefficient (Wildman–Crippen LogP) is 4.20. The molecule has 15 heteroatoms. The van der Waals surface area contributed by atoms with Gasteiger partial charge in [0, 0.05) is 17.5 Å². The van der Waals surface area contributed by atoms with E-state index >= 15 is 0 Å². The average Bonchev–Trinajstić information content (AvgIpc) is 3.12. The van der Waals surface area contributed by atoms with Crippen molar-refractivity contribution in [1.82, 2.24) is 9.97 Å². The van der Waals surface area contributed by atoms with Crippen LogP contribution in [0.3, 0.4) is 0 Å². The predicted molar refractivity (Wildman–Crippen MR) is 128 cm³/mol. The zero-order valence-electron chi connectivity index (χ0n) is 20.0. The second-order valence-electron chi connectivity index (χ2n) is 9.42. The van der Waals surface area contributed by atoms with E-state index < -0.39 is 59.1 Å². The Balaban J connectivity index is 2.01. The molecule has 5 N–H and O–H groups in total. The van der Waals surface area contributed by atoms with Crippen molar-refractivity contribution in [2.45, 2.75) is 55.8 Å². The van der Waals surface area contributed by atoms with E-state index in [-0.39, 0.29) is 32.9 Å². The highest BCUT2D eigenvalue weighted by atomic mass is 32.2. The van der Waals surface area contributed by atoms with Crippen LogP contribution in [0.1, 0.15) is 38.4 Å². The minimum absolute atomic E-state index is 0.0499. The van der Waals surface area contributed by atoms with Gasteiger partial charge in [-0.2, -0.15) is 13.2 Å². The van der Waals surface area contributed by atoms with Gasteiger partial charge >= 0.3 is 13.9 Å². The van der Waals surface area contributed by atoms with Gasteiger partial charge in [0.05, 0.1) is 23.2 Å². The SMILES string of the molecule is CCS(=O)(=O)c1cc2cc(C[C@](O)(CC(C)(C)c3ccc(F)cc3NP(=O)(O)O)C(F)(F)F)[nH]c2cn1. The molecule has 0 fully saturated rings. The number of H-pyrrole nitrogens is 1. The Morgan fingerprint density at radius 2 is 1.78 bits per heavy atom. The number of sulfone groups is 1. The van der Waals surface area contributed by atoms with Crippen LogP contribution >= 0.6 is 7.75 Å². The van der Waals surface area contributed by atoms with Gasteiger partial charge in [-0.25, -0.2) is 22.4 Å². The maximum atomic E-state index is 14.2. The third-order valence-electron chi connectivity index (χ3n) is 5.96. The van der Waals surface area contributed by atoms with E-state index in [4.69, 9.17) is 0 Å². The summed E-state index contributed by atoms with van der Waals surface area (Å²) in [4.78, 5) is 25.1. The molecule has 204 valence electrons. The third kappa shape index (κ3) is 6.50.